The molecule has 28 heteroatoms. The minimum Gasteiger partial charge on any atom is -0.619 e. The maximum Gasteiger partial charge on any atom is 0.335 e. The van der Waals surface area contributed by atoms with Crippen molar-refractivity contribution in [3.63, 3.8) is 0 Å². The number of amides is 2. The Kier molecular flexibility index (Phi) is 27.9. The number of carboxylic acids is 1. The molecule has 5 heterocycles. The van der Waals surface area contributed by atoms with Crippen molar-refractivity contribution in [3.8, 4) is 91.3 Å². The summed E-state index contributed by atoms with van der Waals surface area (Å²) < 4.78 is 63.5. The SMILES string of the molecule is CCc1cc2cc(OCCO)c(OC)cc2c(-c2cc(OC(C)C)cc(OC(C)C)c2)n1.COc1c[n+]([O-])c(C(=O)Nc2c(Cl)c[n+]([O-])cc2Cl)cc1OC1CCOC1.COc1ccc(-c2ccc(C(=O)NN)cc2)cc1OC1CCCC1.COc1ccc(-c2nc3ccc(C(=O)O)cc3[nH]2)cc1OC1Cc2ccccc2C1. The number of hydrogen-bond donors (Lipinski definition) is 6. The number of aromatic carboxylic acids is 1. The molecule has 4 aromatic heterocycles. The molecular weight excluding hydrogens is 1490 g/mol. The van der Waals surface area contributed by atoms with Crippen LogP contribution >= 0.6 is 23.2 Å². The first kappa shape index (κ1) is 82.2. The van der Waals surface area contributed by atoms with Gasteiger partial charge >= 0.3 is 11.9 Å². The highest BCUT2D eigenvalue weighted by Crippen LogP contribution is 2.42. The second kappa shape index (κ2) is 38.4. The molecule has 2 aliphatic carbocycles. The van der Waals surface area contributed by atoms with Crippen LogP contribution in [0.15, 0.2) is 164 Å². The van der Waals surface area contributed by atoms with Crippen molar-refractivity contribution in [2.45, 2.75) is 117 Å². The van der Waals surface area contributed by atoms with E-state index >= 15 is 0 Å². The lowest BCUT2D eigenvalue weighted by molar-refractivity contribution is -0.608. The van der Waals surface area contributed by atoms with Gasteiger partial charge in [-0.2, -0.15) is 9.46 Å². The van der Waals surface area contributed by atoms with Crippen molar-refractivity contribution in [3.05, 3.63) is 218 Å². The number of ether oxygens (including phenoxy) is 11. The first-order valence-corrected chi connectivity index (χ1v) is 37.6. The van der Waals surface area contributed by atoms with Crippen LogP contribution in [0.4, 0.5) is 5.69 Å². The number of H-pyrrole nitrogens is 1. The molecule has 26 nitrogen and oxygen atoms in total. The van der Waals surface area contributed by atoms with E-state index in [1.807, 2.05) is 107 Å². The minimum absolute atomic E-state index is 0.0120. The van der Waals surface area contributed by atoms with E-state index in [9.17, 15) is 29.9 Å². The number of rotatable bonds is 25. The summed E-state index contributed by atoms with van der Waals surface area (Å²) in [6.07, 6.45) is 11.2. The number of benzene rings is 7. The predicted molar refractivity (Wildman–Crippen MR) is 429 cm³/mol. The number of methoxy groups -OCH3 is 4. The summed E-state index contributed by atoms with van der Waals surface area (Å²) >= 11 is 11.9. The van der Waals surface area contributed by atoms with Gasteiger partial charge in [0.25, 0.3) is 11.6 Å². The maximum atomic E-state index is 12.6. The fourth-order valence-electron chi connectivity index (χ4n) is 13.0. The lowest BCUT2D eigenvalue weighted by Crippen LogP contribution is -2.37. The lowest BCUT2D eigenvalue weighted by atomic mass is 10.0. The molecule has 1 atom stereocenters. The maximum absolute atomic E-state index is 12.6. The van der Waals surface area contributed by atoms with Crippen LogP contribution in [0, 0.1) is 10.4 Å². The summed E-state index contributed by atoms with van der Waals surface area (Å²) in [5, 5.41) is 46.1. The van der Waals surface area contributed by atoms with E-state index < -0.39 is 11.9 Å². The Morgan fingerprint density at radius 1 is 0.619 bits per heavy atom. The van der Waals surface area contributed by atoms with E-state index in [1.165, 1.54) is 37.1 Å². The van der Waals surface area contributed by atoms with Crippen molar-refractivity contribution in [2.75, 3.05) is 60.2 Å². The number of carbonyl (C=O) groups excluding carboxylic acids is 2. The Labute approximate surface area is 663 Å². The summed E-state index contributed by atoms with van der Waals surface area (Å²) in [4.78, 5) is 48.1. The van der Waals surface area contributed by atoms with Gasteiger partial charge in [0.1, 0.15) is 46.2 Å². The van der Waals surface area contributed by atoms with Gasteiger partial charge in [0.2, 0.25) is 24.3 Å². The number of hydrazine groups is 1. The highest BCUT2D eigenvalue weighted by Gasteiger charge is 2.29. The number of aromatic nitrogens is 5. The molecule has 0 bridgehead atoms. The molecule has 0 radical (unpaired) electrons. The van der Waals surface area contributed by atoms with E-state index in [0.717, 1.165) is 118 Å². The van der Waals surface area contributed by atoms with Gasteiger partial charge in [0.15, 0.2) is 40.2 Å². The molecule has 11 aromatic rings. The molecule has 7 aromatic carbocycles. The van der Waals surface area contributed by atoms with Gasteiger partial charge in [-0.05, 0) is 178 Å². The fourth-order valence-corrected chi connectivity index (χ4v) is 13.6. The number of aliphatic hydroxyl groups excluding tert-OH is 1. The average Bonchev–Trinajstić information content (AvgIpc) is 1.54. The zero-order valence-electron chi connectivity index (χ0n) is 64.0. The van der Waals surface area contributed by atoms with Crippen LogP contribution in [0.2, 0.25) is 10.0 Å². The van der Waals surface area contributed by atoms with Crippen molar-refractivity contribution in [1.29, 1.82) is 0 Å². The number of pyridine rings is 3. The number of nitrogens with two attached hydrogens (primary N) is 1. The standard InChI is InChI=1S/C26H33NO5.C24H20N2O4.C19H22N2O3.C16H15Cl2N3O6/c1-7-20-10-18-13-25(30-9-8-28)24(29-6)15-23(18)26(27-20)19-11-21(31-16(2)3)14-22(12-19)32-17(4)5;1-29-21-9-7-16(23-25-19-8-6-17(24(27)28)12-20(19)26-23)13-22(21)30-18-10-14-4-2-3-5-15(14)11-18;1-23-17-11-10-15(12-18(17)24-16-4-2-3-5-16)13-6-8-14(9-7-13)19(22)21-20;1-25-14-7-21(24)12(4-13(14)27-9-2-3-26-8-9)16(22)19-15-10(17)5-20(23)6-11(15)18/h10-17,28H,7-9H2,1-6H3;2-9,12-13,18H,10-11H2,1H3,(H,25,26)(H,27,28);6-12,16H,2-5,20H2,1H3,(H,21,22);4-7,9H,2-3,8H2,1H3,(H,19,22). The predicted octanol–water partition coefficient (Wildman–Crippen LogP) is 14.9. The monoisotopic (exact) mass is 1580 g/mol. The summed E-state index contributed by atoms with van der Waals surface area (Å²) in [5.74, 6) is 9.65. The van der Waals surface area contributed by atoms with E-state index in [-0.39, 0.29) is 88.1 Å². The third kappa shape index (κ3) is 21.1. The fraction of sp³-hybridized carbons (Fsp3) is 0.306. The van der Waals surface area contributed by atoms with E-state index in [2.05, 4.69) is 58.0 Å². The molecule has 7 N–H and O–H groups in total. The van der Waals surface area contributed by atoms with Crippen molar-refractivity contribution in [2.24, 2.45) is 5.84 Å². The number of nitrogens with zero attached hydrogens (tertiary/aromatic N) is 4. The molecule has 1 unspecified atom stereocenters. The molecule has 14 rings (SSSR count). The van der Waals surface area contributed by atoms with Crippen molar-refractivity contribution in [1.82, 2.24) is 20.4 Å². The van der Waals surface area contributed by atoms with Gasteiger partial charge in [-0.3, -0.25) is 20.0 Å². The molecule has 0 spiro atoms. The number of carbonyl (C=O) groups is 3. The number of hydrogen-bond acceptors (Lipinski definition) is 20. The van der Waals surface area contributed by atoms with Gasteiger partial charge in [-0.1, -0.05) is 72.6 Å². The van der Waals surface area contributed by atoms with Crippen LogP contribution < -0.4 is 73.4 Å². The molecule has 1 saturated heterocycles. The third-order valence-electron chi connectivity index (χ3n) is 18.4. The van der Waals surface area contributed by atoms with Gasteiger partial charge < -0.3 is 83.0 Å². The number of imidazole rings is 1. The average molecular weight is 1580 g/mol. The number of nitrogen functional groups attached to an aromatic ring is 1. The number of halogens is 2. The van der Waals surface area contributed by atoms with E-state index in [0.29, 0.717) is 74.5 Å². The zero-order valence-corrected chi connectivity index (χ0v) is 65.5. The number of fused-ring (bicyclic) bond motifs is 3. The van der Waals surface area contributed by atoms with Gasteiger partial charge in [0, 0.05) is 53.1 Å². The first-order chi connectivity index (χ1) is 54.5. The summed E-state index contributed by atoms with van der Waals surface area (Å²) in [6.45, 7) is 11.2. The van der Waals surface area contributed by atoms with Crippen LogP contribution in [0.3, 0.4) is 0 Å². The van der Waals surface area contributed by atoms with Gasteiger partial charge in [-0.15, -0.1) is 0 Å². The summed E-state index contributed by atoms with van der Waals surface area (Å²) in [7, 11) is 6.26. The highest BCUT2D eigenvalue weighted by molar-refractivity contribution is 6.39. The number of carboxylic acid groups (broad SMARTS) is 1. The Morgan fingerprint density at radius 3 is 1.80 bits per heavy atom. The Morgan fingerprint density at radius 2 is 1.21 bits per heavy atom. The second-order valence-corrected chi connectivity index (χ2v) is 28.0. The minimum atomic E-state index is -0.967. The normalized spacial score (nSPS) is 13.7. The van der Waals surface area contributed by atoms with Crippen LogP contribution in [0.1, 0.15) is 115 Å². The smallest absolute Gasteiger partial charge is 0.335 e. The third-order valence-corrected chi connectivity index (χ3v) is 19.0. The molecular formula is C85H90Cl2N8O18. The quantitative estimate of drug-likeness (QED) is 0.0102. The van der Waals surface area contributed by atoms with Gasteiger partial charge in [0.05, 0.1) is 101 Å². The highest BCUT2D eigenvalue weighted by atomic mass is 35.5. The molecule has 1 aliphatic heterocycles. The van der Waals surface area contributed by atoms with Crippen LogP contribution in [-0.4, -0.2) is 128 Å². The number of aryl methyl sites for hydroxylation is 1. The Bertz CT molecular complexity index is 5090. The first-order valence-electron chi connectivity index (χ1n) is 36.8. The van der Waals surface area contributed by atoms with Crippen molar-refractivity contribution >= 4 is 68.5 Å². The Balaban J connectivity index is 0.000000150. The molecule has 3 aliphatic rings. The molecule has 113 heavy (non-hydrogen) atoms. The molecule has 592 valence electrons. The lowest BCUT2D eigenvalue weighted by Gasteiger charge is -2.18. The number of aliphatic hydroxyl groups is 1. The zero-order chi connectivity index (χ0) is 80.4. The molecule has 2 fully saturated rings. The van der Waals surface area contributed by atoms with Crippen LogP contribution in [-0.2, 0) is 24.0 Å². The molecule has 1 saturated carbocycles. The summed E-state index contributed by atoms with van der Waals surface area (Å²) in [5.41, 5.74) is 12.2. The van der Waals surface area contributed by atoms with Crippen molar-refractivity contribution < 1.29 is 86.2 Å². The molecule has 2 amide bonds. The number of anilines is 1. The largest absolute Gasteiger partial charge is 0.619 e. The van der Waals surface area contributed by atoms with Crippen LogP contribution in [0.5, 0.6) is 57.5 Å². The number of nitrogens with one attached hydrogen (secondary N) is 3. The Hall–Kier alpha value is -11.8. The number of aromatic amines is 1. The van der Waals surface area contributed by atoms with E-state index in [4.69, 9.17) is 91.2 Å². The van der Waals surface area contributed by atoms with Crippen LogP contribution in [0.25, 0.3) is 55.6 Å². The second-order valence-electron chi connectivity index (χ2n) is 27.1. The topological polar surface area (TPSA) is 339 Å². The van der Waals surface area contributed by atoms with E-state index in [1.54, 1.807) is 51.7 Å². The van der Waals surface area contributed by atoms with Gasteiger partial charge in [-0.25, -0.2) is 15.6 Å². The summed E-state index contributed by atoms with van der Waals surface area (Å²) in [6, 6.07) is 45.2.